The highest BCUT2D eigenvalue weighted by Crippen LogP contribution is 2.17. The quantitative estimate of drug-likeness (QED) is 0.633. The van der Waals surface area contributed by atoms with Crippen LogP contribution in [0.1, 0.15) is 23.7 Å². The van der Waals surface area contributed by atoms with Gasteiger partial charge in [-0.1, -0.05) is 35.9 Å². The molecule has 8 heteroatoms. The van der Waals surface area contributed by atoms with Crippen molar-refractivity contribution in [3.05, 3.63) is 64.6 Å². The number of halogens is 1. The maximum Gasteiger partial charge on any atom is 0.174 e. The number of nitrogens with one attached hydrogen (secondary N) is 1. The van der Waals surface area contributed by atoms with Gasteiger partial charge in [0.15, 0.2) is 10.9 Å². The van der Waals surface area contributed by atoms with Gasteiger partial charge in [-0.3, -0.25) is 9.36 Å². The Hall–Kier alpha value is -2.38. The molecule has 0 fully saturated rings. The number of hydrogen-bond donors (Lipinski definition) is 1. The van der Waals surface area contributed by atoms with E-state index in [-0.39, 0.29) is 0 Å². The molecule has 0 atom stereocenters. The summed E-state index contributed by atoms with van der Waals surface area (Å²) in [7, 11) is 1.92. The fourth-order valence-corrected chi connectivity index (χ4v) is 3.17. The zero-order chi connectivity index (χ0) is 19.4. The Labute approximate surface area is 169 Å². The Morgan fingerprint density at radius 3 is 2.81 bits per heavy atom. The van der Waals surface area contributed by atoms with E-state index in [0.29, 0.717) is 16.7 Å². The maximum atomic E-state index is 6.24. The van der Waals surface area contributed by atoms with Crippen molar-refractivity contribution in [3.8, 4) is 0 Å². The van der Waals surface area contributed by atoms with Gasteiger partial charge in [0.05, 0.1) is 30.0 Å². The fraction of sp³-hybridized carbons (Fsp3) is 0.316. The van der Waals surface area contributed by atoms with Gasteiger partial charge in [0.1, 0.15) is 0 Å². The molecule has 6 nitrogen and oxygen atoms in total. The summed E-state index contributed by atoms with van der Waals surface area (Å²) < 4.78 is 3.77. The molecule has 2 aromatic heterocycles. The zero-order valence-corrected chi connectivity index (χ0v) is 17.3. The van der Waals surface area contributed by atoms with Crippen LogP contribution in [0, 0.1) is 6.92 Å². The molecule has 27 heavy (non-hydrogen) atoms. The van der Waals surface area contributed by atoms with Gasteiger partial charge in [0.2, 0.25) is 0 Å². The maximum absolute atomic E-state index is 6.24. The van der Waals surface area contributed by atoms with Crippen molar-refractivity contribution in [3.63, 3.8) is 0 Å². The molecular formula is C19H23ClN6S. The van der Waals surface area contributed by atoms with Crippen molar-refractivity contribution in [2.24, 2.45) is 0 Å². The number of nitrogens with zero attached hydrogens (tertiary/aromatic N) is 5. The van der Waals surface area contributed by atoms with Crippen LogP contribution >= 0.6 is 23.8 Å². The van der Waals surface area contributed by atoms with Crippen LogP contribution in [0.15, 0.2) is 42.7 Å². The van der Waals surface area contributed by atoms with Gasteiger partial charge in [0.25, 0.3) is 0 Å². The van der Waals surface area contributed by atoms with E-state index < -0.39 is 0 Å². The van der Waals surface area contributed by atoms with Gasteiger partial charge in [-0.25, -0.2) is 0 Å². The number of hydrogen-bond acceptors (Lipinski definition) is 3. The summed E-state index contributed by atoms with van der Waals surface area (Å²) in [5.41, 5.74) is 3.44. The normalized spacial score (nSPS) is 10.8. The average Bonchev–Trinajstić information content (AvgIpc) is 3.23. The predicted molar refractivity (Wildman–Crippen MR) is 113 cm³/mol. The lowest BCUT2D eigenvalue weighted by atomic mass is 10.1. The van der Waals surface area contributed by atoms with Crippen molar-refractivity contribution < 1.29 is 0 Å². The van der Waals surface area contributed by atoms with E-state index in [0.717, 1.165) is 24.6 Å². The molecule has 0 spiro atoms. The highest BCUT2D eigenvalue weighted by molar-refractivity contribution is 7.80. The molecule has 0 saturated heterocycles. The third-order valence-electron chi connectivity index (χ3n) is 4.40. The molecule has 0 saturated carbocycles. The summed E-state index contributed by atoms with van der Waals surface area (Å²) in [4.78, 5) is 1.92. The zero-order valence-electron chi connectivity index (χ0n) is 15.7. The van der Waals surface area contributed by atoms with Gasteiger partial charge in [-0.05, 0) is 37.2 Å². The largest absolute Gasteiger partial charge is 0.346 e. The van der Waals surface area contributed by atoms with Gasteiger partial charge < -0.3 is 10.2 Å². The van der Waals surface area contributed by atoms with E-state index in [2.05, 4.69) is 34.6 Å². The lowest BCUT2D eigenvalue weighted by Gasteiger charge is -2.20. The summed E-state index contributed by atoms with van der Waals surface area (Å²) in [6, 6.07) is 10.2. The molecule has 0 unspecified atom stereocenters. The summed E-state index contributed by atoms with van der Waals surface area (Å²) in [6.45, 7) is 6.20. The molecule has 0 radical (unpaired) electrons. The third kappa shape index (κ3) is 4.67. The third-order valence-corrected chi connectivity index (χ3v) is 5.13. The number of thiocarbonyl (C=S) groups is 1. The highest BCUT2D eigenvalue weighted by Gasteiger charge is 2.13. The van der Waals surface area contributed by atoms with Crippen molar-refractivity contribution in [2.75, 3.05) is 12.4 Å². The number of rotatable bonds is 6. The SMILES string of the molecule is CCn1ncc(Cl)c1CN(C)C(=S)Nc1ccn(Cc2ccccc2C)n1. The number of aromatic nitrogens is 4. The second-order valence-corrected chi connectivity index (χ2v) is 7.16. The number of benzene rings is 1. The Kier molecular flexibility index (Phi) is 6.13. The monoisotopic (exact) mass is 402 g/mol. The number of aryl methyl sites for hydroxylation is 2. The minimum Gasteiger partial charge on any atom is -0.346 e. The Morgan fingerprint density at radius 1 is 1.30 bits per heavy atom. The highest BCUT2D eigenvalue weighted by atomic mass is 35.5. The predicted octanol–water partition coefficient (Wildman–Crippen LogP) is 3.94. The molecular weight excluding hydrogens is 380 g/mol. The lowest BCUT2D eigenvalue weighted by molar-refractivity contribution is 0.471. The van der Waals surface area contributed by atoms with Crippen LogP contribution in [0.5, 0.6) is 0 Å². The standard InChI is InChI=1S/C19H23ClN6S/c1-4-26-17(16(20)11-21-26)13-24(3)19(27)22-18-9-10-25(23-18)12-15-8-6-5-7-14(15)2/h5-11H,4,12-13H2,1-3H3,(H,22,23,27). The summed E-state index contributed by atoms with van der Waals surface area (Å²) >= 11 is 11.7. The first-order valence-corrected chi connectivity index (χ1v) is 9.56. The van der Waals surface area contributed by atoms with Crippen molar-refractivity contribution >= 4 is 34.7 Å². The van der Waals surface area contributed by atoms with Crippen LogP contribution in [-0.4, -0.2) is 36.6 Å². The first-order valence-electron chi connectivity index (χ1n) is 8.78. The van der Waals surface area contributed by atoms with Crippen LogP contribution in [0.25, 0.3) is 0 Å². The molecule has 0 bridgehead atoms. The van der Waals surface area contributed by atoms with E-state index in [1.54, 1.807) is 6.20 Å². The molecule has 1 N–H and O–H groups in total. The van der Waals surface area contributed by atoms with E-state index in [1.165, 1.54) is 11.1 Å². The van der Waals surface area contributed by atoms with Crippen LogP contribution < -0.4 is 5.32 Å². The topological polar surface area (TPSA) is 50.9 Å². The van der Waals surface area contributed by atoms with Crippen molar-refractivity contribution in [2.45, 2.75) is 33.5 Å². The van der Waals surface area contributed by atoms with E-state index in [1.807, 2.05) is 52.6 Å². The van der Waals surface area contributed by atoms with E-state index in [4.69, 9.17) is 23.8 Å². The second kappa shape index (κ2) is 8.54. The van der Waals surface area contributed by atoms with E-state index in [9.17, 15) is 0 Å². The first kappa shape index (κ1) is 19.4. The summed E-state index contributed by atoms with van der Waals surface area (Å²) in [6.07, 6.45) is 3.61. The summed E-state index contributed by atoms with van der Waals surface area (Å²) in [5, 5.41) is 13.2. The van der Waals surface area contributed by atoms with Crippen LogP contribution in [0.4, 0.5) is 5.82 Å². The summed E-state index contributed by atoms with van der Waals surface area (Å²) in [5.74, 6) is 0.718. The first-order chi connectivity index (χ1) is 13.0. The molecule has 3 rings (SSSR count). The second-order valence-electron chi connectivity index (χ2n) is 6.37. The lowest BCUT2D eigenvalue weighted by Crippen LogP contribution is -2.31. The Morgan fingerprint density at radius 2 is 2.07 bits per heavy atom. The van der Waals surface area contributed by atoms with Gasteiger partial charge in [-0.2, -0.15) is 10.2 Å². The molecule has 0 amide bonds. The smallest absolute Gasteiger partial charge is 0.174 e. The number of anilines is 1. The molecule has 2 heterocycles. The molecule has 3 aromatic rings. The minimum atomic E-state index is 0.572. The van der Waals surface area contributed by atoms with Crippen LogP contribution in [-0.2, 0) is 19.6 Å². The fourth-order valence-electron chi connectivity index (χ4n) is 2.80. The van der Waals surface area contributed by atoms with Crippen molar-refractivity contribution in [1.29, 1.82) is 0 Å². The van der Waals surface area contributed by atoms with Gasteiger partial charge >= 0.3 is 0 Å². The van der Waals surface area contributed by atoms with Crippen LogP contribution in [0.2, 0.25) is 5.02 Å². The minimum absolute atomic E-state index is 0.572. The van der Waals surface area contributed by atoms with Gasteiger partial charge in [-0.15, -0.1) is 0 Å². The van der Waals surface area contributed by atoms with Crippen LogP contribution in [0.3, 0.4) is 0 Å². The Balaban J connectivity index is 1.62. The molecule has 142 valence electrons. The molecule has 0 aliphatic rings. The Bertz CT molecular complexity index is 932. The van der Waals surface area contributed by atoms with Gasteiger partial charge in [0, 0.05) is 25.9 Å². The molecule has 0 aliphatic heterocycles. The molecule has 1 aromatic carbocycles. The van der Waals surface area contributed by atoms with Crippen molar-refractivity contribution in [1.82, 2.24) is 24.5 Å². The van der Waals surface area contributed by atoms with E-state index >= 15 is 0 Å². The average molecular weight is 403 g/mol. The molecule has 0 aliphatic carbocycles.